The zero-order chi connectivity index (χ0) is 40.3. The van der Waals surface area contributed by atoms with Crippen LogP contribution in [-0.4, -0.2) is 49.3 Å². The molecule has 1 unspecified atom stereocenters. The SMILES string of the molecule is CC/C=C\C/C=C\C/C=C\C/C=C\CCCCC(=O)O[C@H](COC(=O)CC/C=C\C/C=C\C/C=C\C/C=C\C/C=C\CCCCC)COP(=O)(O)OCCN. The first kappa shape index (κ1) is 51.7. The molecule has 0 rings (SSSR count). The van der Waals surface area contributed by atoms with E-state index in [1.807, 2.05) is 12.2 Å². The van der Waals surface area contributed by atoms with Gasteiger partial charge in [0.05, 0.1) is 13.2 Å². The van der Waals surface area contributed by atoms with Gasteiger partial charge in [-0.3, -0.25) is 18.6 Å². The Kier molecular flexibility index (Phi) is 37.9. The smallest absolute Gasteiger partial charge is 0.462 e. The molecule has 0 aromatic heterocycles. The second-order valence-corrected chi connectivity index (χ2v) is 14.2. The van der Waals surface area contributed by atoms with E-state index in [1.54, 1.807) is 0 Å². The van der Waals surface area contributed by atoms with Crippen LogP contribution in [0.3, 0.4) is 0 Å². The van der Waals surface area contributed by atoms with Crippen molar-refractivity contribution in [1.82, 2.24) is 0 Å². The first-order valence-corrected chi connectivity index (χ1v) is 21.9. The van der Waals surface area contributed by atoms with Crippen LogP contribution < -0.4 is 5.73 Å². The van der Waals surface area contributed by atoms with Crippen LogP contribution in [0.25, 0.3) is 0 Å². The molecule has 0 saturated carbocycles. The van der Waals surface area contributed by atoms with Crippen molar-refractivity contribution in [2.24, 2.45) is 5.73 Å². The maximum atomic E-state index is 12.5. The van der Waals surface area contributed by atoms with Crippen molar-refractivity contribution in [3.8, 4) is 0 Å². The van der Waals surface area contributed by atoms with E-state index in [2.05, 4.69) is 111 Å². The first-order valence-electron chi connectivity index (χ1n) is 20.4. The van der Waals surface area contributed by atoms with Gasteiger partial charge in [-0.1, -0.05) is 136 Å². The number of hydrogen-bond acceptors (Lipinski definition) is 8. The van der Waals surface area contributed by atoms with Crippen LogP contribution in [-0.2, 0) is 32.7 Å². The quantitative estimate of drug-likeness (QED) is 0.0275. The minimum atomic E-state index is -4.41. The third-order valence-corrected chi connectivity index (χ3v) is 8.64. The van der Waals surface area contributed by atoms with Crippen molar-refractivity contribution in [1.29, 1.82) is 0 Å². The van der Waals surface area contributed by atoms with E-state index in [-0.39, 0.29) is 32.6 Å². The van der Waals surface area contributed by atoms with Gasteiger partial charge in [-0.05, 0) is 89.9 Å². The number of rotatable bonds is 36. The van der Waals surface area contributed by atoms with Gasteiger partial charge in [-0.2, -0.15) is 0 Å². The van der Waals surface area contributed by atoms with Crippen LogP contribution >= 0.6 is 7.82 Å². The van der Waals surface area contributed by atoms with Gasteiger partial charge < -0.3 is 20.1 Å². The lowest BCUT2D eigenvalue weighted by molar-refractivity contribution is -0.161. The normalized spacial score (nSPS) is 14.5. The molecule has 3 N–H and O–H groups in total. The summed E-state index contributed by atoms with van der Waals surface area (Å²) in [5, 5.41) is 0. The van der Waals surface area contributed by atoms with Gasteiger partial charge in [0.2, 0.25) is 0 Å². The predicted octanol–water partition coefficient (Wildman–Crippen LogP) is 11.6. The van der Waals surface area contributed by atoms with Crippen LogP contribution in [0.5, 0.6) is 0 Å². The Morgan fingerprint density at radius 2 is 1.02 bits per heavy atom. The van der Waals surface area contributed by atoms with Crippen LogP contribution in [0.2, 0.25) is 0 Å². The van der Waals surface area contributed by atoms with Gasteiger partial charge in [-0.15, -0.1) is 0 Å². The largest absolute Gasteiger partial charge is 0.472 e. The highest BCUT2D eigenvalue weighted by atomic mass is 31.2. The summed E-state index contributed by atoms with van der Waals surface area (Å²) in [6, 6.07) is 0. The average Bonchev–Trinajstić information content (AvgIpc) is 3.17. The second-order valence-electron chi connectivity index (χ2n) is 12.8. The van der Waals surface area contributed by atoms with Crippen LogP contribution in [0, 0.1) is 0 Å². The van der Waals surface area contributed by atoms with Crippen molar-refractivity contribution in [2.45, 2.75) is 136 Å². The highest BCUT2D eigenvalue weighted by Gasteiger charge is 2.25. The number of carbonyl (C=O) groups is 2. The zero-order valence-electron chi connectivity index (χ0n) is 33.9. The fourth-order valence-corrected chi connectivity index (χ4v) is 5.43. The Hall–Kier alpha value is -3.33. The van der Waals surface area contributed by atoms with E-state index >= 15 is 0 Å². The van der Waals surface area contributed by atoms with E-state index < -0.39 is 32.5 Å². The maximum absolute atomic E-state index is 12.5. The summed E-state index contributed by atoms with van der Waals surface area (Å²) in [6.45, 7) is 3.41. The molecule has 10 heteroatoms. The van der Waals surface area contributed by atoms with Crippen LogP contribution in [0.1, 0.15) is 129 Å². The monoisotopic (exact) mass is 785 g/mol. The van der Waals surface area contributed by atoms with Gasteiger partial charge in [0, 0.05) is 19.4 Å². The number of phosphoric ester groups is 1. The summed E-state index contributed by atoms with van der Waals surface area (Å²) in [6.07, 6.45) is 52.8. The molecule has 0 aromatic rings. The van der Waals surface area contributed by atoms with E-state index in [0.29, 0.717) is 12.8 Å². The minimum Gasteiger partial charge on any atom is -0.462 e. The fraction of sp³-hybridized carbons (Fsp3) is 0.556. The number of nitrogens with two attached hydrogens (primary N) is 1. The van der Waals surface area contributed by atoms with E-state index in [0.717, 1.165) is 64.2 Å². The molecular weight excluding hydrogens is 713 g/mol. The summed E-state index contributed by atoms with van der Waals surface area (Å²) in [7, 11) is -4.41. The Morgan fingerprint density at radius 1 is 0.564 bits per heavy atom. The van der Waals surface area contributed by atoms with Crippen LogP contribution in [0.4, 0.5) is 0 Å². The molecule has 0 fully saturated rings. The minimum absolute atomic E-state index is 0.0306. The molecule has 0 aliphatic rings. The van der Waals surface area contributed by atoms with Gasteiger partial charge in [0.1, 0.15) is 6.61 Å². The highest BCUT2D eigenvalue weighted by Crippen LogP contribution is 2.43. The Balaban J connectivity index is 4.41. The number of hydrogen-bond donors (Lipinski definition) is 2. The highest BCUT2D eigenvalue weighted by molar-refractivity contribution is 7.47. The fourth-order valence-electron chi connectivity index (χ4n) is 4.66. The molecule has 0 aromatic carbocycles. The second kappa shape index (κ2) is 40.3. The van der Waals surface area contributed by atoms with E-state index in [4.69, 9.17) is 24.3 Å². The Labute approximate surface area is 333 Å². The standard InChI is InChI=1S/C45H72NO8P/c1-3-5-7-9-11-13-15-17-19-20-21-22-24-25-27-29-31-33-35-37-44(47)51-41-43(42-53-55(49,50)52-40-39-46)54-45(48)38-36-34-32-30-28-26-23-18-16-14-12-10-8-6-4-2/h6,8,11-14,17-19,21-23,25,27-28,30-31,33,43H,3-5,7,9-10,15-16,20,24,26,29,32,34-42,46H2,1-2H3,(H,49,50)/b8-6-,13-11-,14-12-,19-17-,22-21-,23-18-,27-25-,30-28-,33-31-/t43-/m1/s1. The molecule has 0 radical (unpaired) electrons. The summed E-state index contributed by atoms with van der Waals surface area (Å²) in [4.78, 5) is 34.7. The van der Waals surface area contributed by atoms with Crippen molar-refractivity contribution in [3.05, 3.63) is 109 Å². The predicted molar refractivity (Wildman–Crippen MR) is 228 cm³/mol. The molecule has 55 heavy (non-hydrogen) atoms. The molecule has 0 heterocycles. The number of ether oxygens (including phenoxy) is 2. The lowest BCUT2D eigenvalue weighted by Crippen LogP contribution is -2.29. The molecule has 0 bridgehead atoms. The van der Waals surface area contributed by atoms with Crippen molar-refractivity contribution in [3.63, 3.8) is 0 Å². The third kappa shape index (κ3) is 40.2. The lowest BCUT2D eigenvalue weighted by atomic mass is 10.2. The molecule has 0 aliphatic heterocycles. The van der Waals surface area contributed by atoms with Crippen molar-refractivity contribution in [2.75, 3.05) is 26.4 Å². The number of unbranched alkanes of at least 4 members (excludes halogenated alkanes) is 5. The molecule has 2 atom stereocenters. The molecule has 0 spiro atoms. The van der Waals surface area contributed by atoms with E-state index in [1.165, 1.54) is 25.7 Å². The van der Waals surface area contributed by atoms with Gasteiger partial charge in [0.25, 0.3) is 0 Å². The Bertz CT molecular complexity index is 1260. The summed E-state index contributed by atoms with van der Waals surface area (Å²) < 4.78 is 32.6. The van der Waals surface area contributed by atoms with E-state index in [9.17, 15) is 19.0 Å². The average molecular weight is 786 g/mol. The summed E-state index contributed by atoms with van der Waals surface area (Å²) in [5.74, 6) is -0.988. The summed E-state index contributed by atoms with van der Waals surface area (Å²) in [5.41, 5.74) is 5.33. The topological polar surface area (TPSA) is 134 Å². The van der Waals surface area contributed by atoms with Crippen molar-refractivity contribution >= 4 is 19.8 Å². The maximum Gasteiger partial charge on any atom is 0.472 e. The first-order chi connectivity index (χ1) is 26.8. The lowest BCUT2D eigenvalue weighted by Gasteiger charge is -2.19. The van der Waals surface area contributed by atoms with Crippen molar-refractivity contribution < 1.29 is 37.6 Å². The zero-order valence-corrected chi connectivity index (χ0v) is 34.7. The van der Waals surface area contributed by atoms with Crippen LogP contribution in [0.15, 0.2) is 109 Å². The number of phosphoric acid groups is 1. The molecule has 0 aliphatic carbocycles. The van der Waals surface area contributed by atoms with Gasteiger partial charge in [-0.25, -0.2) is 4.57 Å². The van der Waals surface area contributed by atoms with Gasteiger partial charge in [0.15, 0.2) is 6.10 Å². The third-order valence-electron chi connectivity index (χ3n) is 7.66. The molecular formula is C45H72NO8P. The summed E-state index contributed by atoms with van der Waals surface area (Å²) >= 11 is 0. The molecule has 0 amide bonds. The molecule has 310 valence electrons. The molecule has 0 saturated heterocycles. The number of allylic oxidation sites excluding steroid dienone is 18. The Morgan fingerprint density at radius 3 is 1.49 bits per heavy atom. The molecule has 9 nitrogen and oxygen atoms in total. The number of esters is 2. The van der Waals surface area contributed by atoms with Gasteiger partial charge >= 0.3 is 19.8 Å². The number of carbonyl (C=O) groups excluding carboxylic acids is 2.